The number of hydrogen-bond acceptors (Lipinski definition) is 4. The van der Waals surface area contributed by atoms with Crippen LogP contribution in [0, 0.1) is 11.7 Å². The third kappa shape index (κ3) is 4.40. The van der Waals surface area contributed by atoms with Gasteiger partial charge in [-0.05, 0) is 36.5 Å². The summed E-state index contributed by atoms with van der Waals surface area (Å²) < 4.78 is 18.5. The molecule has 1 aliphatic heterocycles. The molecule has 8 heteroatoms. The third-order valence-electron chi connectivity index (χ3n) is 4.54. The van der Waals surface area contributed by atoms with Crippen molar-refractivity contribution < 1.29 is 23.6 Å². The van der Waals surface area contributed by atoms with Crippen molar-refractivity contribution in [1.29, 1.82) is 0 Å². The Morgan fingerprint density at radius 1 is 1.38 bits per heavy atom. The molecule has 6 nitrogen and oxygen atoms in total. The van der Waals surface area contributed by atoms with E-state index in [0.717, 1.165) is 12.0 Å². The fraction of sp³-hybridized carbons (Fsp3) is 0.389. The van der Waals surface area contributed by atoms with Crippen molar-refractivity contribution in [3.05, 3.63) is 52.1 Å². The normalized spacial score (nSPS) is 16.8. The number of carboxylic acid groups (broad SMARTS) is 1. The molecule has 0 radical (unpaired) electrons. The molecule has 1 amide bonds. The molecule has 0 spiro atoms. The number of nitrogens with zero attached hydrogens (tertiary/aromatic N) is 2. The zero-order valence-electron chi connectivity index (χ0n) is 14.0. The van der Waals surface area contributed by atoms with Crippen molar-refractivity contribution in [1.82, 2.24) is 10.1 Å². The van der Waals surface area contributed by atoms with E-state index >= 15 is 0 Å². The predicted molar refractivity (Wildman–Crippen MR) is 91.6 cm³/mol. The van der Waals surface area contributed by atoms with Crippen molar-refractivity contribution in [3.8, 4) is 0 Å². The van der Waals surface area contributed by atoms with Crippen LogP contribution in [0.3, 0.4) is 0 Å². The van der Waals surface area contributed by atoms with E-state index in [9.17, 15) is 14.0 Å². The van der Waals surface area contributed by atoms with Gasteiger partial charge < -0.3 is 14.5 Å². The summed E-state index contributed by atoms with van der Waals surface area (Å²) in [5.74, 6) is -1.18. The maximum absolute atomic E-state index is 13.5. The fourth-order valence-electron chi connectivity index (χ4n) is 3.22. The highest BCUT2D eigenvalue weighted by atomic mass is 35.5. The number of halogens is 2. The van der Waals surface area contributed by atoms with Crippen LogP contribution in [0.2, 0.25) is 5.15 Å². The molecule has 1 saturated heterocycles. The molecule has 26 heavy (non-hydrogen) atoms. The van der Waals surface area contributed by atoms with Crippen LogP contribution in [-0.2, 0) is 17.6 Å². The van der Waals surface area contributed by atoms with Crippen LogP contribution in [0.1, 0.15) is 34.5 Å². The number of likely N-dealkylation sites (tertiary alicyclic amines) is 1. The van der Waals surface area contributed by atoms with Crippen LogP contribution in [-0.4, -0.2) is 40.1 Å². The number of carbonyl (C=O) groups is 2. The number of carboxylic acids is 1. The Labute approximate surface area is 154 Å². The summed E-state index contributed by atoms with van der Waals surface area (Å²) in [6, 6.07) is 5.74. The zero-order valence-corrected chi connectivity index (χ0v) is 14.7. The van der Waals surface area contributed by atoms with Crippen molar-refractivity contribution in [2.45, 2.75) is 25.7 Å². The van der Waals surface area contributed by atoms with E-state index in [4.69, 9.17) is 21.2 Å². The Morgan fingerprint density at radius 2 is 2.19 bits per heavy atom. The lowest BCUT2D eigenvalue weighted by Gasteiger charge is -2.16. The summed E-state index contributed by atoms with van der Waals surface area (Å²) in [5, 5.41) is 12.9. The Kier molecular flexibility index (Phi) is 5.56. The Morgan fingerprint density at radius 3 is 2.88 bits per heavy atom. The summed E-state index contributed by atoms with van der Waals surface area (Å²) in [6.07, 6.45) is 2.21. The Bertz CT molecular complexity index is 823. The molecule has 1 atom stereocenters. The molecule has 1 fully saturated rings. The lowest BCUT2D eigenvalue weighted by Crippen LogP contribution is -2.29. The third-order valence-corrected chi connectivity index (χ3v) is 4.72. The van der Waals surface area contributed by atoms with E-state index in [1.807, 2.05) is 0 Å². The number of aromatic nitrogens is 1. The van der Waals surface area contributed by atoms with E-state index in [2.05, 4.69) is 5.16 Å². The molecule has 0 bridgehead atoms. The highest BCUT2D eigenvalue weighted by Crippen LogP contribution is 2.23. The zero-order chi connectivity index (χ0) is 18.7. The first-order chi connectivity index (χ1) is 12.4. The van der Waals surface area contributed by atoms with Crippen molar-refractivity contribution in [3.63, 3.8) is 0 Å². The summed E-state index contributed by atoms with van der Waals surface area (Å²) >= 11 is 5.68. The van der Waals surface area contributed by atoms with Crippen LogP contribution >= 0.6 is 11.6 Å². The van der Waals surface area contributed by atoms with Gasteiger partial charge >= 0.3 is 5.97 Å². The van der Waals surface area contributed by atoms with Gasteiger partial charge in [-0.2, -0.15) is 0 Å². The molecule has 1 aromatic carbocycles. The SMILES string of the molecule is O=C(O)c1cc(CC2CCN(C(=O)CCc3cc(Cl)no3)C2)ccc1F. The van der Waals surface area contributed by atoms with Crippen LogP contribution in [0.4, 0.5) is 4.39 Å². The molecule has 138 valence electrons. The number of aryl methyl sites for hydroxylation is 1. The van der Waals surface area contributed by atoms with Crippen molar-refractivity contribution in [2.75, 3.05) is 13.1 Å². The lowest BCUT2D eigenvalue weighted by atomic mass is 9.97. The molecule has 3 rings (SSSR count). The minimum Gasteiger partial charge on any atom is -0.478 e. The smallest absolute Gasteiger partial charge is 0.338 e. The van der Waals surface area contributed by atoms with Crippen molar-refractivity contribution in [2.24, 2.45) is 5.92 Å². The van der Waals surface area contributed by atoms with Gasteiger partial charge in [-0.1, -0.05) is 22.8 Å². The average molecular weight is 381 g/mol. The quantitative estimate of drug-likeness (QED) is 0.832. The van der Waals surface area contributed by atoms with Crippen molar-refractivity contribution >= 4 is 23.5 Å². The van der Waals surface area contributed by atoms with Gasteiger partial charge in [0.25, 0.3) is 0 Å². The second kappa shape index (κ2) is 7.86. The van der Waals surface area contributed by atoms with Gasteiger partial charge in [0, 0.05) is 32.0 Å². The standard InChI is InChI=1S/C18H18ClFN2O4/c19-16-9-13(26-21-16)2-4-17(23)22-6-5-12(10-22)7-11-1-3-15(20)14(8-11)18(24)25/h1,3,8-9,12H,2,4-7,10H2,(H,24,25). The fourth-order valence-corrected chi connectivity index (χ4v) is 3.37. The largest absolute Gasteiger partial charge is 0.478 e. The van der Waals surface area contributed by atoms with E-state index < -0.39 is 11.8 Å². The number of hydrogen-bond donors (Lipinski definition) is 1. The highest BCUT2D eigenvalue weighted by molar-refractivity contribution is 6.29. The second-order valence-electron chi connectivity index (χ2n) is 6.43. The molecule has 0 saturated carbocycles. The first-order valence-electron chi connectivity index (χ1n) is 8.33. The van der Waals surface area contributed by atoms with Gasteiger partial charge in [-0.15, -0.1) is 0 Å². The van der Waals surface area contributed by atoms with E-state index in [0.29, 0.717) is 38.1 Å². The van der Waals surface area contributed by atoms with Gasteiger partial charge in [-0.25, -0.2) is 9.18 Å². The molecule has 1 aromatic heterocycles. The van der Waals surface area contributed by atoms with Crippen LogP contribution < -0.4 is 0 Å². The van der Waals surface area contributed by atoms with Gasteiger partial charge in [-0.3, -0.25) is 4.79 Å². The number of carbonyl (C=O) groups excluding carboxylic acids is 1. The second-order valence-corrected chi connectivity index (χ2v) is 6.82. The van der Waals surface area contributed by atoms with Crippen LogP contribution in [0.5, 0.6) is 0 Å². The minimum absolute atomic E-state index is 0.0327. The van der Waals surface area contributed by atoms with Gasteiger partial charge in [0.1, 0.15) is 11.6 Å². The summed E-state index contributed by atoms with van der Waals surface area (Å²) in [6.45, 7) is 1.27. The predicted octanol–water partition coefficient (Wildman–Crippen LogP) is 3.19. The highest BCUT2D eigenvalue weighted by Gasteiger charge is 2.26. The summed E-state index contributed by atoms with van der Waals surface area (Å²) in [5.41, 5.74) is 0.443. The van der Waals surface area contributed by atoms with Crippen LogP contribution in [0.25, 0.3) is 0 Å². The molecular weight excluding hydrogens is 363 g/mol. The summed E-state index contributed by atoms with van der Waals surface area (Å²) in [4.78, 5) is 25.1. The Hall–Kier alpha value is -2.41. The van der Waals surface area contributed by atoms with E-state index in [-0.39, 0.29) is 22.5 Å². The Balaban J connectivity index is 1.52. The number of rotatable bonds is 6. The molecule has 2 heterocycles. The van der Waals surface area contributed by atoms with Gasteiger partial charge in [0.05, 0.1) is 5.56 Å². The topological polar surface area (TPSA) is 83.6 Å². The minimum atomic E-state index is -1.28. The molecule has 1 aliphatic rings. The first kappa shape index (κ1) is 18.4. The first-order valence-corrected chi connectivity index (χ1v) is 8.70. The number of benzene rings is 1. The van der Waals surface area contributed by atoms with E-state index in [1.54, 1.807) is 17.0 Å². The molecular formula is C18H18ClFN2O4. The lowest BCUT2D eigenvalue weighted by molar-refractivity contribution is -0.130. The number of amides is 1. The summed E-state index contributed by atoms with van der Waals surface area (Å²) in [7, 11) is 0. The van der Waals surface area contributed by atoms with Gasteiger partial charge in [0.2, 0.25) is 5.91 Å². The van der Waals surface area contributed by atoms with E-state index in [1.165, 1.54) is 12.1 Å². The number of aromatic carboxylic acids is 1. The molecule has 1 N–H and O–H groups in total. The maximum atomic E-state index is 13.5. The van der Waals surface area contributed by atoms with Crippen LogP contribution in [0.15, 0.2) is 28.8 Å². The molecule has 2 aromatic rings. The maximum Gasteiger partial charge on any atom is 0.338 e. The average Bonchev–Trinajstić information content (AvgIpc) is 3.23. The molecule has 0 aliphatic carbocycles. The molecule has 1 unspecified atom stereocenters. The van der Waals surface area contributed by atoms with Gasteiger partial charge in [0.15, 0.2) is 5.15 Å². The monoisotopic (exact) mass is 380 g/mol.